The van der Waals surface area contributed by atoms with Crippen molar-refractivity contribution in [3.8, 4) is 0 Å². The zero-order chi connectivity index (χ0) is 10.4. The lowest BCUT2D eigenvalue weighted by atomic mass is 9.90. The van der Waals surface area contributed by atoms with Gasteiger partial charge in [-0.05, 0) is 32.1 Å². The summed E-state index contributed by atoms with van der Waals surface area (Å²) in [5, 5.41) is 9.53. The summed E-state index contributed by atoms with van der Waals surface area (Å²) in [6.07, 6.45) is 7.23. The van der Waals surface area contributed by atoms with Gasteiger partial charge in [-0.15, -0.1) is 0 Å². The highest BCUT2D eigenvalue weighted by Gasteiger charge is 2.17. The van der Waals surface area contributed by atoms with Crippen molar-refractivity contribution < 1.29 is 9.84 Å². The first-order valence-corrected chi connectivity index (χ1v) is 6.03. The summed E-state index contributed by atoms with van der Waals surface area (Å²) in [5.74, 6) is 0.746. The lowest BCUT2D eigenvalue weighted by Crippen LogP contribution is -2.28. The van der Waals surface area contributed by atoms with Gasteiger partial charge in [0.25, 0.3) is 0 Å². The van der Waals surface area contributed by atoms with Crippen LogP contribution in [0.25, 0.3) is 0 Å². The topological polar surface area (TPSA) is 29.5 Å². The fourth-order valence-electron chi connectivity index (χ4n) is 2.08. The van der Waals surface area contributed by atoms with Crippen LogP contribution in [0.1, 0.15) is 52.4 Å². The molecule has 1 fully saturated rings. The SMILES string of the molecule is CCC(O)C(C)OCC1CCCCC1. The molecule has 0 aliphatic heterocycles. The third-order valence-electron chi connectivity index (χ3n) is 3.28. The van der Waals surface area contributed by atoms with E-state index in [9.17, 15) is 5.11 Å². The molecule has 0 heterocycles. The van der Waals surface area contributed by atoms with E-state index >= 15 is 0 Å². The molecule has 0 saturated heterocycles. The van der Waals surface area contributed by atoms with Crippen molar-refractivity contribution in [2.24, 2.45) is 5.92 Å². The Morgan fingerprint density at radius 3 is 2.50 bits per heavy atom. The van der Waals surface area contributed by atoms with E-state index in [1.165, 1.54) is 32.1 Å². The first-order chi connectivity index (χ1) is 6.74. The lowest BCUT2D eigenvalue weighted by Gasteiger charge is -2.25. The highest BCUT2D eigenvalue weighted by Crippen LogP contribution is 2.24. The van der Waals surface area contributed by atoms with Crippen LogP contribution in [-0.2, 0) is 4.74 Å². The molecule has 1 saturated carbocycles. The zero-order valence-corrected chi connectivity index (χ0v) is 9.54. The van der Waals surface area contributed by atoms with E-state index in [1.807, 2.05) is 13.8 Å². The van der Waals surface area contributed by atoms with Gasteiger partial charge in [0, 0.05) is 6.61 Å². The van der Waals surface area contributed by atoms with Crippen molar-refractivity contribution in [3.05, 3.63) is 0 Å². The largest absolute Gasteiger partial charge is 0.390 e. The highest BCUT2D eigenvalue weighted by atomic mass is 16.5. The predicted molar refractivity (Wildman–Crippen MR) is 58.3 cm³/mol. The number of ether oxygens (including phenoxy) is 1. The Balaban J connectivity index is 2.12. The van der Waals surface area contributed by atoms with Gasteiger partial charge >= 0.3 is 0 Å². The van der Waals surface area contributed by atoms with Crippen LogP contribution in [-0.4, -0.2) is 23.9 Å². The minimum absolute atomic E-state index is 0.00178. The minimum atomic E-state index is -0.293. The molecule has 0 aromatic rings. The van der Waals surface area contributed by atoms with Crippen LogP contribution in [0.4, 0.5) is 0 Å². The number of hydrogen-bond acceptors (Lipinski definition) is 2. The van der Waals surface area contributed by atoms with Gasteiger partial charge < -0.3 is 9.84 Å². The first kappa shape index (κ1) is 12.0. The van der Waals surface area contributed by atoms with Gasteiger partial charge in [0.05, 0.1) is 12.2 Å². The summed E-state index contributed by atoms with van der Waals surface area (Å²) >= 11 is 0. The molecule has 2 heteroatoms. The number of aliphatic hydroxyl groups is 1. The molecule has 0 bridgehead atoms. The quantitative estimate of drug-likeness (QED) is 0.739. The van der Waals surface area contributed by atoms with Crippen LogP contribution in [0.5, 0.6) is 0 Å². The van der Waals surface area contributed by atoms with Gasteiger partial charge in [-0.25, -0.2) is 0 Å². The standard InChI is InChI=1S/C12H24O2/c1-3-12(13)10(2)14-9-11-7-5-4-6-8-11/h10-13H,3-9H2,1-2H3. The molecule has 1 aliphatic carbocycles. The molecule has 0 radical (unpaired) electrons. The van der Waals surface area contributed by atoms with E-state index in [0.29, 0.717) is 0 Å². The van der Waals surface area contributed by atoms with Gasteiger partial charge in [0.1, 0.15) is 0 Å². The van der Waals surface area contributed by atoms with Gasteiger partial charge in [0.2, 0.25) is 0 Å². The van der Waals surface area contributed by atoms with Crippen LogP contribution in [0, 0.1) is 5.92 Å². The van der Waals surface area contributed by atoms with Crippen molar-refractivity contribution in [2.45, 2.75) is 64.6 Å². The Morgan fingerprint density at radius 2 is 1.93 bits per heavy atom. The third kappa shape index (κ3) is 3.97. The molecule has 0 spiro atoms. The summed E-state index contributed by atoms with van der Waals surface area (Å²) in [7, 11) is 0. The summed E-state index contributed by atoms with van der Waals surface area (Å²) in [4.78, 5) is 0. The Hall–Kier alpha value is -0.0800. The minimum Gasteiger partial charge on any atom is -0.390 e. The Bertz CT molecular complexity index is 139. The number of hydrogen-bond donors (Lipinski definition) is 1. The number of rotatable bonds is 5. The van der Waals surface area contributed by atoms with E-state index in [0.717, 1.165) is 18.9 Å². The fraction of sp³-hybridized carbons (Fsp3) is 1.00. The van der Waals surface area contributed by atoms with Crippen LogP contribution in [0.2, 0.25) is 0 Å². The summed E-state index contributed by atoms with van der Waals surface area (Å²) in [6, 6.07) is 0. The fourth-order valence-corrected chi connectivity index (χ4v) is 2.08. The van der Waals surface area contributed by atoms with Gasteiger partial charge in [0.15, 0.2) is 0 Å². The van der Waals surface area contributed by atoms with Crippen LogP contribution in [0.15, 0.2) is 0 Å². The molecule has 1 N–H and O–H groups in total. The highest BCUT2D eigenvalue weighted by molar-refractivity contribution is 4.67. The molecule has 14 heavy (non-hydrogen) atoms. The molecule has 1 rings (SSSR count). The molecular formula is C12H24O2. The molecule has 2 unspecified atom stereocenters. The second-order valence-corrected chi connectivity index (χ2v) is 4.52. The normalized spacial score (nSPS) is 23.4. The summed E-state index contributed by atoms with van der Waals surface area (Å²) in [5.41, 5.74) is 0. The molecule has 2 atom stereocenters. The number of aliphatic hydroxyl groups excluding tert-OH is 1. The first-order valence-electron chi connectivity index (χ1n) is 6.03. The van der Waals surface area contributed by atoms with Gasteiger partial charge in [-0.1, -0.05) is 26.2 Å². The molecule has 0 aromatic heterocycles. The van der Waals surface area contributed by atoms with E-state index < -0.39 is 0 Å². The maximum Gasteiger partial charge on any atom is 0.0805 e. The second kappa shape index (κ2) is 6.41. The Morgan fingerprint density at radius 1 is 1.29 bits per heavy atom. The van der Waals surface area contributed by atoms with E-state index in [1.54, 1.807) is 0 Å². The van der Waals surface area contributed by atoms with Crippen molar-refractivity contribution >= 4 is 0 Å². The Labute approximate surface area is 87.7 Å². The average molecular weight is 200 g/mol. The molecule has 0 aromatic carbocycles. The molecule has 84 valence electrons. The van der Waals surface area contributed by atoms with Crippen molar-refractivity contribution in [1.82, 2.24) is 0 Å². The van der Waals surface area contributed by atoms with E-state index in [2.05, 4.69) is 0 Å². The van der Waals surface area contributed by atoms with Gasteiger partial charge in [-0.3, -0.25) is 0 Å². The third-order valence-corrected chi connectivity index (χ3v) is 3.28. The Kier molecular flexibility index (Phi) is 5.49. The summed E-state index contributed by atoms with van der Waals surface area (Å²) in [6.45, 7) is 4.81. The van der Waals surface area contributed by atoms with E-state index in [4.69, 9.17) is 4.74 Å². The molecule has 2 nitrogen and oxygen atoms in total. The predicted octanol–water partition coefficient (Wildman–Crippen LogP) is 2.74. The smallest absolute Gasteiger partial charge is 0.0805 e. The maximum absolute atomic E-state index is 9.53. The van der Waals surface area contributed by atoms with E-state index in [-0.39, 0.29) is 12.2 Å². The van der Waals surface area contributed by atoms with Crippen LogP contribution < -0.4 is 0 Å². The molecular weight excluding hydrogens is 176 g/mol. The maximum atomic E-state index is 9.53. The average Bonchev–Trinajstić information content (AvgIpc) is 2.26. The monoisotopic (exact) mass is 200 g/mol. The molecule has 0 amide bonds. The second-order valence-electron chi connectivity index (χ2n) is 4.52. The van der Waals surface area contributed by atoms with Gasteiger partial charge in [-0.2, -0.15) is 0 Å². The van der Waals surface area contributed by atoms with Crippen molar-refractivity contribution in [1.29, 1.82) is 0 Å². The van der Waals surface area contributed by atoms with Crippen molar-refractivity contribution in [2.75, 3.05) is 6.61 Å². The lowest BCUT2D eigenvalue weighted by molar-refractivity contribution is -0.0439. The van der Waals surface area contributed by atoms with Crippen LogP contribution >= 0.6 is 0 Å². The summed E-state index contributed by atoms with van der Waals surface area (Å²) < 4.78 is 5.68. The molecule has 1 aliphatic rings. The van der Waals surface area contributed by atoms with Crippen molar-refractivity contribution in [3.63, 3.8) is 0 Å². The van der Waals surface area contributed by atoms with Crippen LogP contribution in [0.3, 0.4) is 0 Å². The zero-order valence-electron chi connectivity index (χ0n) is 9.54.